The molecule has 0 saturated carbocycles. The molecule has 0 aliphatic heterocycles. The molecule has 6 nitrogen and oxygen atoms in total. The fourth-order valence-electron chi connectivity index (χ4n) is 2.06. The van der Waals surface area contributed by atoms with Crippen molar-refractivity contribution in [2.45, 2.75) is 13.5 Å². The van der Waals surface area contributed by atoms with Gasteiger partial charge in [-0.1, -0.05) is 18.2 Å². The molecule has 0 aliphatic carbocycles. The number of hydrogen-bond acceptors (Lipinski definition) is 5. The molecule has 0 atom stereocenters. The second-order valence-electron chi connectivity index (χ2n) is 4.31. The molecule has 1 aromatic carbocycles. The number of benzene rings is 1. The summed E-state index contributed by atoms with van der Waals surface area (Å²) in [5.41, 5.74) is 0.0288. The van der Waals surface area contributed by atoms with Crippen molar-refractivity contribution in [3.8, 4) is 0 Å². The Morgan fingerprint density at radius 2 is 2.10 bits per heavy atom. The number of rotatable bonds is 3. The molecule has 3 rings (SSSR count). The van der Waals surface area contributed by atoms with Gasteiger partial charge in [-0.2, -0.15) is 5.10 Å². The van der Waals surface area contributed by atoms with Gasteiger partial charge in [-0.3, -0.25) is 14.9 Å². The van der Waals surface area contributed by atoms with Crippen LogP contribution in [0.5, 0.6) is 0 Å². The molecule has 0 spiro atoms. The Kier molecular flexibility index (Phi) is 3.49. The number of anilines is 1. The highest BCUT2D eigenvalue weighted by atomic mass is 32.1. The average Bonchev–Trinajstić information content (AvgIpc) is 3.01. The third-order valence-electron chi connectivity index (χ3n) is 3.04. The first kappa shape index (κ1) is 13.4. The molecule has 3 aromatic rings. The Morgan fingerprint density at radius 3 is 2.76 bits per heavy atom. The van der Waals surface area contributed by atoms with Crippen LogP contribution >= 0.6 is 11.3 Å². The van der Waals surface area contributed by atoms with Crippen molar-refractivity contribution < 1.29 is 4.79 Å². The highest BCUT2D eigenvalue weighted by Crippen LogP contribution is 2.16. The van der Waals surface area contributed by atoms with Gasteiger partial charge in [0.2, 0.25) is 0 Å². The van der Waals surface area contributed by atoms with Crippen molar-refractivity contribution in [2.24, 2.45) is 0 Å². The van der Waals surface area contributed by atoms with Crippen LogP contribution in [0.15, 0.2) is 40.6 Å². The first-order valence-corrected chi connectivity index (χ1v) is 7.29. The summed E-state index contributed by atoms with van der Waals surface area (Å²) >= 11 is 1.33. The molecule has 7 heteroatoms. The second kappa shape index (κ2) is 5.45. The minimum atomic E-state index is -0.372. The molecule has 0 unspecified atom stereocenters. The van der Waals surface area contributed by atoms with E-state index in [-0.39, 0.29) is 17.2 Å². The molecule has 1 amide bonds. The van der Waals surface area contributed by atoms with E-state index in [1.54, 1.807) is 35.8 Å². The van der Waals surface area contributed by atoms with Gasteiger partial charge in [0.15, 0.2) is 10.8 Å². The Labute approximate surface area is 124 Å². The molecule has 0 saturated heterocycles. The van der Waals surface area contributed by atoms with Crippen LogP contribution in [0.2, 0.25) is 0 Å². The van der Waals surface area contributed by atoms with Crippen LogP contribution in [0.1, 0.15) is 17.4 Å². The van der Waals surface area contributed by atoms with Crippen molar-refractivity contribution in [1.82, 2.24) is 14.8 Å². The fraction of sp³-hybridized carbons (Fsp3) is 0.143. The lowest BCUT2D eigenvalue weighted by atomic mass is 10.1. The molecule has 1 N–H and O–H groups in total. The highest BCUT2D eigenvalue weighted by molar-refractivity contribution is 7.13. The van der Waals surface area contributed by atoms with Crippen molar-refractivity contribution in [1.29, 1.82) is 0 Å². The van der Waals surface area contributed by atoms with Crippen LogP contribution in [0.3, 0.4) is 0 Å². The third kappa shape index (κ3) is 2.43. The van der Waals surface area contributed by atoms with Crippen molar-refractivity contribution in [3.63, 3.8) is 0 Å². The Balaban J connectivity index is 2.15. The molecule has 2 heterocycles. The number of fused-ring (bicyclic) bond motifs is 1. The first-order valence-electron chi connectivity index (χ1n) is 6.41. The number of amides is 1. The zero-order chi connectivity index (χ0) is 14.8. The summed E-state index contributed by atoms with van der Waals surface area (Å²) in [4.78, 5) is 28.6. The largest absolute Gasteiger partial charge is 0.296 e. The van der Waals surface area contributed by atoms with Gasteiger partial charge in [-0.05, 0) is 13.0 Å². The van der Waals surface area contributed by atoms with Gasteiger partial charge >= 0.3 is 0 Å². The predicted octanol–water partition coefficient (Wildman–Crippen LogP) is 2.13. The average molecular weight is 300 g/mol. The maximum atomic E-state index is 12.4. The van der Waals surface area contributed by atoms with E-state index in [2.05, 4.69) is 15.4 Å². The number of thiazole rings is 1. The molecular weight excluding hydrogens is 288 g/mol. The maximum Gasteiger partial charge on any atom is 0.278 e. The summed E-state index contributed by atoms with van der Waals surface area (Å²) in [5, 5.41) is 10.2. The zero-order valence-electron chi connectivity index (χ0n) is 11.2. The number of carbonyl (C=O) groups is 1. The number of aromatic nitrogens is 3. The summed E-state index contributed by atoms with van der Waals surface area (Å²) < 4.78 is 1.29. The third-order valence-corrected chi connectivity index (χ3v) is 3.72. The summed E-state index contributed by atoms with van der Waals surface area (Å²) in [6.07, 6.45) is 1.61. The fourth-order valence-corrected chi connectivity index (χ4v) is 2.58. The van der Waals surface area contributed by atoms with E-state index >= 15 is 0 Å². The van der Waals surface area contributed by atoms with Crippen molar-refractivity contribution in [2.75, 3.05) is 5.32 Å². The van der Waals surface area contributed by atoms with E-state index in [1.807, 2.05) is 6.92 Å². The zero-order valence-corrected chi connectivity index (χ0v) is 12.1. The minimum Gasteiger partial charge on any atom is -0.296 e. The summed E-state index contributed by atoms with van der Waals surface area (Å²) in [6, 6.07) is 6.97. The van der Waals surface area contributed by atoms with Crippen LogP contribution in [0.25, 0.3) is 10.8 Å². The Morgan fingerprint density at radius 1 is 1.33 bits per heavy atom. The normalized spacial score (nSPS) is 10.7. The summed E-state index contributed by atoms with van der Waals surface area (Å²) in [6.45, 7) is 2.22. The number of nitrogens with one attached hydrogen (secondary N) is 1. The van der Waals surface area contributed by atoms with E-state index in [0.717, 1.165) is 0 Å². The molecule has 0 radical (unpaired) electrons. The monoisotopic (exact) mass is 300 g/mol. The van der Waals surface area contributed by atoms with E-state index < -0.39 is 0 Å². The maximum absolute atomic E-state index is 12.4. The van der Waals surface area contributed by atoms with Gasteiger partial charge in [-0.15, -0.1) is 11.3 Å². The van der Waals surface area contributed by atoms with Gasteiger partial charge in [0.25, 0.3) is 11.5 Å². The van der Waals surface area contributed by atoms with Crippen LogP contribution in [-0.2, 0) is 6.54 Å². The smallest absolute Gasteiger partial charge is 0.278 e. The topological polar surface area (TPSA) is 76.9 Å². The Bertz CT molecular complexity index is 855. The van der Waals surface area contributed by atoms with Gasteiger partial charge < -0.3 is 0 Å². The summed E-state index contributed by atoms with van der Waals surface area (Å²) in [7, 11) is 0. The number of carbonyl (C=O) groups excluding carboxylic acids is 1. The Hall–Kier alpha value is -2.54. The quantitative estimate of drug-likeness (QED) is 0.804. The number of hydrogen-bond donors (Lipinski definition) is 1. The number of nitrogens with zero attached hydrogens (tertiary/aromatic N) is 3. The van der Waals surface area contributed by atoms with Gasteiger partial charge in [0.05, 0.1) is 5.39 Å². The lowest BCUT2D eigenvalue weighted by Gasteiger charge is -2.08. The molecular formula is C14H12N4O2S. The minimum absolute atomic E-state index is 0.195. The number of aryl methyl sites for hydroxylation is 1. The lowest BCUT2D eigenvalue weighted by Crippen LogP contribution is -2.27. The lowest BCUT2D eigenvalue weighted by molar-refractivity contribution is 0.102. The summed E-state index contributed by atoms with van der Waals surface area (Å²) in [5.74, 6) is -0.372. The van der Waals surface area contributed by atoms with Crippen molar-refractivity contribution >= 4 is 33.1 Å². The predicted molar refractivity (Wildman–Crippen MR) is 81.7 cm³/mol. The first-order chi connectivity index (χ1) is 10.2. The van der Waals surface area contributed by atoms with E-state index in [1.165, 1.54) is 16.0 Å². The van der Waals surface area contributed by atoms with Crippen LogP contribution in [-0.4, -0.2) is 20.7 Å². The van der Waals surface area contributed by atoms with E-state index in [4.69, 9.17) is 0 Å². The molecule has 106 valence electrons. The van der Waals surface area contributed by atoms with Crippen LogP contribution in [0.4, 0.5) is 5.13 Å². The van der Waals surface area contributed by atoms with Gasteiger partial charge in [0, 0.05) is 23.5 Å². The van der Waals surface area contributed by atoms with Gasteiger partial charge in [-0.25, -0.2) is 9.67 Å². The second-order valence-corrected chi connectivity index (χ2v) is 5.20. The molecule has 0 aliphatic rings. The molecule has 2 aromatic heterocycles. The standard InChI is InChI=1S/C14H12N4O2S/c1-2-18-13(20)10-6-4-3-5-9(10)11(17-18)12(19)16-14-15-7-8-21-14/h3-8H,2H2,1H3,(H,15,16,19). The highest BCUT2D eigenvalue weighted by Gasteiger charge is 2.16. The van der Waals surface area contributed by atoms with Gasteiger partial charge in [0.1, 0.15) is 0 Å². The molecule has 0 bridgehead atoms. The van der Waals surface area contributed by atoms with Crippen molar-refractivity contribution in [3.05, 3.63) is 51.9 Å². The van der Waals surface area contributed by atoms with E-state index in [0.29, 0.717) is 22.4 Å². The van der Waals surface area contributed by atoms with Crippen LogP contribution < -0.4 is 10.9 Å². The molecule has 0 fully saturated rings. The SMILES string of the molecule is CCn1nc(C(=O)Nc2nccs2)c2ccccc2c1=O. The van der Waals surface area contributed by atoms with E-state index in [9.17, 15) is 9.59 Å². The van der Waals surface area contributed by atoms with Crippen LogP contribution in [0, 0.1) is 0 Å². The molecule has 21 heavy (non-hydrogen) atoms.